The van der Waals surface area contributed by atoms with Crippen molar-refractivity contribution in [2.24, 2.45) is 5.92 Å². The van der Waals surface area contributed by atoms with Crippen molar-refractivity contribution in [2.45, 2.75) is 51.7 Å². The highest BCUT2D eigenvalue weighted by Crippen LogP contribution is 2.41. The standard InChI is InChI=1S/C30H31FN2O3/c1-3-27(29(34)32-24-12-10-23(31)11-13-24)36-25-14-9-20-15-16-33(30(35)21-7-8-21)28(26(20)18-25)22-6-4-5-19(2)17-22/h4-6,9-14,17-18,21,27-28H,3,7-8,15-16H2,1-2H3,(H,32,34)/t27-,28+/m0/s1. The minimum Gasteiger partial charge on any atom is -0.481 e. The fraction of sp³-hybridized carbons (Fsp3) is 0.333. The molecule has 6 heteroatoms. The molecule has 1 aliphatic heterocycles. The third-order valence-electron chi connectivity index (χ3n) is 6.97. The first-order valence-corrected chi connectivity index (χ1v) is 12.7. The lowest BCUT2D eigenvalue weighted by molar-refractivity contribution is -0.134. The van der Waals surface area contributed by atoms with Crippen LogP contribution >= 0.6 is 0 Å². The number of rotatable bonds is 7. The lowest BCUT2D eigenvalue weighted by Crippen LogP contribution is -2.41. The number of anilines is 1. The van der Waals surface area contributed by atoms with Crippen molar-refractivity contribution in [3.05, 3.63) is 94.8 Å². The van der Waals surface area contributed by atoms with Crippen molar-refractivity contribution in [3.8, 4) is 5.75 Å². The summed E-state index contributed by atoms with van der Waals surface area (Å²) in [5.74, 6) is 0.306. The molecular weight excluding hydrogens is 455 g/mol. The lowest BCUT2D eigenvalue weighted by Gasteiger charge is -2.38. The number of benzene rings is 3. The van der Waals surface area contributed by atoms with Gasteiger partial charge in [0.05, 0.1) is 6.04 Å². The highest BCUT2D eigenvalue weighted by atomic mass is 19.1. The van der Waals surface area contributed by atoms with E-state index >= 15 is 0 Å². The van der Waals surface area contributed by atoms with E-state index in [1.165, 1.54) is 29.8 Å². The topological polar surface area (TPSA) is 58.6 Å². The first-order chi connectivity index (χ1) is 17.4. The van der Waals surface area contributed by atoms with Gasteiger partial charge in [-0.15, -0.1) is 0 Å². The fourth-order valence-corrected chi connectivity index (χ4v) is 4.91. The molecular formula is C30H31FN2O3. The third kappa shape index (κ3) is 5.13. The van der Waals surface area contributed by atoms with Gasteiger partial charge in [0, 0.05) is 18.2 Å². The van der Waals surface area contributed by atoms with E-state index in [-0.39, 0.29) is 29.6 Å². The largest absolute Gasteiger partial charge is 0.481 e. The maximum atomic E-state index is 13.3. The molecule has 0 unspecified atom stereocenters. The second-order valence-corrected chi connectivity index (χ2v) is 9.74. The zero-order valence-electron chi connectivity index (χ0n) is 20.7. The van der Waals surface area contributed by atoms with E-state index in [1.807, 2.05) is 30.0 Å². The van der Waals surface area contributed by atoms with Crippen LogP contribution in [0.15, 0.2) is 66.7 Å². The van der Waals surface area contributed by atoms with Crippen LogP contribution in [0.3, 0.4) is 0 Å². The third-order valence-corrected chi connectivity index (χ3v) is 6.97. The van der Waals surface area contributed by atoms with E-state index in [0.29, 0.717) is 24.4 Å². The van der Waals surface area contributed by atoms with Gasteiger partial charge >= 0.3 is 0 Å². The lowest BCUT2D eigenvalue weighted by atomic mass is 9.87. The Balaban J connectivity index is 1.42. The molecule has 5 rings (SSSR count). The summed E-state index contributed by atoms with van der Waals surface area (Å²) in [6.45, 7) is 4.64. The van der Waals surface area contributed by atoms with Gasteiger partial charge in [-0.3, -0.25) is 9.59 Å². The average Bonchev–Trinajstić information content (AvgIpc) is 3.73. The number of halogens is 1. The number of carbonyl (C=O) groups is 2. The zero-order valence-corrected chi connectivity index (χ0v) is 20.7. The van der Waals surface area contributed by atoms with Gasteiger partial charge in [0.15, 0.2) is 6.10 Å². The Hall–Kier alpha value is -3.67. The first-order valence-electron chi connectivity index (χ1n) is 12.7. The molecule has 0 radical (unpaired) electrons. The van der Waals surface area contributed by atoms with Crippen LogP contribution in [0.2, 0.25) is 0 Å². The molecule has 3 aromatic rings. The van der Waals surface area contributed by atoms with Crippen LogP contribution in [0.25, 0.3) is 0 Å². The van der Waals surface area contributed by atoms with Crippen LogP contribution in [0.5, 0.6) is 5.75 Å². The molecule has 1 heterocycles. The first kappa shape index (κ1) is 24.0. The van der Waals surface area contributed by atoms with E-state index in [2.05, 4.69) is 36.5 Å². The molecule has 0 spiro atoms. The van der Waals surface area contributed by atoms with Gasteiger partial charge in [-0.05, 0) is 85.7 Å². The molecule has 2 atom stereocenters. The van der Waals surface area contributed by atoms with Crippen molar-refractivity contribution >= 4 is 17.5 Å². The highest BCUT2D eigenvalue weighted by molar-refractivity contribution is 5.94. The molecule has 3 aromatic carbocycles. The minimum absolute atomic E-state index is 0.137. The molecule has 36 heavy (non-hydrogen) atoms. The van der Waals surface area contributed by atoms with Gasteiger partial charge < -0.3 is 15.0 Å². The zero-order chi connectivity index (χ0) is 25.2. The summed E-state index contributed by atoms with van der Waals surface area (Å²) in [5, 5.41) is 2.80. The Morgan fingerprint density at radius 1 is 1.08 bits per heavy atom. The second kappa shape index (κ2) is 10.1. The molecule has 2 aliphatic rings. The van der Waals surface area contributed by atoms with Gasteiger partial charge in [-0.1, -0.05) is 42.8 Å². The Morgan fingerprint density at radius 2 is 1.86 bits per heavy atom. The normalized spacial score (nSPS) is 17.8. The summed E-state index contributed by atoms with van der Waals surface area (Å²) in [6, 6.07) is 19.7. The van der Waals surface area contributed by atoms with Crippen LogP contribution < -0.4 is 10.1 Å². The molecule has 2 amide bonds. The monoisotopic (exact) mass is 486 g/mol. The number of nitrogens with one attached hydrogen (secondary N) is 1. The fourth-order valence-electron chi connectivity index (χ4n) is 4.91. The Labute approximate surface area is 211 Å². The highest BCUT2D eigenvalue weighted by Gasteiger charge is 2.39. The van der Waals surface area contributed by atoms with Gasteiger partial charge in [-0.25, -0.2) is 4.39 Å². The van der Waals surface area contributed by atoms with Crippen LogP contribution in [0.1, 0.15) is 54.5 Å². The summed E-state index contributed by atoms with van der Waals surface area (Å²) >= 11 is 0. The van der Waals surface area contributed by atoms with Crippen molar-refractivity contribution in [1.29, 1.82) is 0 Å². The smallest absolute Gasteiger partial charge is 0.265 e. The van der Waals surface area contributed by atoms with Gasteiger partial charge in [0.2, 0.25) is 5.91 Å². The van der Waals surface area contributed by atoms with E-state index < -0.39 is 6.10 Å². The number of nitrogens with zero attached hydrogens (tertiary/aromatic N) is 1. The van der Waals surface area contributed by atoms with Crippen LogP contribution in [0.4, 0.5) is 10.1 Å². The van der Waals surface area contributed by atoms with E-state index in [1.54, 1.807) is 0 Å². The van der Waals surface area contributed by atoms with Crippen LogP contribution in [0, 0.1) is 18.7 Å². The molecule has 1 N–H and O–H groups in total. The van der Waals surface area contributed by atoms with Crippen molar-refractivity contribution in [2.75, 3.05) is 11.9 Å². The molecule has 0 bridgehead atoms. The maximum absolute atomic E-state index is 13.3. The van der Waals surface area contributed by atoms with E-state index in [9.17, 15) is 14.0 Å². The van der Waals surface area contributed by atoms with Crippen molar-refractivity contribution in [3.63, 3.8) is 0 Å². The van der Waals surface area contributed by atoms with E-state index in [4.69, 9.17) is 4.74 Å². The number of hydrogen-bond donors (Lipinski definition) is 1. The molecule has 1 aliphatic carbocycles. The second-order valence-electron chi connectivity index (χ2n) is 9.74. The van der Waals surface area contributed by atoms with Crippen LogP contribution in [-0.4, -0.2) is 29.4 Å². The molecule has 5 nitrogen and oxygen atoms in total. The number of hydrogen-bond acceptors (Lipinski definition) is 3. The maximum Gasteiger partial charge on any atom is 0.265 e. The molecule has 1 fully saturated rings. The summed E-state index contributed by atoms with van der Waals surface area (Å²) in [7, 11) is 0. The van der Waals surface area contributed by atoms with Gasteiger partial charge in [0.25, 0.3) is 5.91 Å². The molecule has 186 valence electrons. The number of amides is 2. The summed E-state index contributed by atoms with van der Waals surface area (Å²) in [4.78, 5) is 28.2. The van der Waals surface area contributed by atoms with Crippen LogP contribution in [-0.2, 0) is 16.0 Å². The molecule has 0 saturated heterocycles. The number of aryl methyl sites for hydroxylation is 1. The van der Waals surface area contributed by atoms with Crippen molar-refractivity contribution < 1.29 is 18.7 Å². The minimum atomic E-state index is -0.710. The van der Waals surface area contributed by atoms with Crippen molar-refractivity contribution in [1.82, 2.24) is 4.90 Å². The SMILES string of the molecule is CC[C@H](Oc1ccc2c(c1)[C@@H](c1cccc(C)c1)N(C(=O)C1CC1)CC2)C(=O)Nc1ccc(F)cc1. The Bertz CT molecular complexity index is 1270. The number of fused-ring (bicyclic) bond motifs is 1. The quantitative estimate of drug-likeness (QED) is 0.458. The Kier molecular flexibility index (Phi) is 6.77. The predicted octanol–water partition coefficient (Wildman–Crippen LogP) is 5.81. The van der Waals surface area contributed by atoms with E-state index in [0.717, 1.165) is 36.0 Å². The van der Waals surface area contributed by atoms with Gasteiger partial charge in [0.1, 0.15) is 11.6 Å². The molecule has 0 aromatic heterocycles. The van der Waals surface area contributed by atoms with Gasteiger partial charge in [-0.2, -0.15) is 0 Å². The number of carbonyl (C=O) groups excluding carboxylic acids is 2. The Morgan fingerprint density at radius 3 is 2.56 bits per heavy atom. The number of ether oxygens (including phenoxy) is 1. The summed E-state index contributed by atoms with van der Waals surface area (Å²) < 4.78 is 19.4. The molecule has 1 saturated carbocycles. The average molecular weight is 487 g/mol. The predicted molar refractivity (Wildman–Crippen MR) is 137 cm³/mol. The summed E-state index contributed by atoms with van der Waals surface area (Å²) in [6.07, 6.45) is 2.48. The summed E-state index contributed by atoms with van der Waals surface area (Å²) in [5.41, 5.74) is 4.99.